The summed E-state index contributed by atoms with van der Waals surface area (Å²) in [6.07, 6.45) is 5.05. The van der Waals surface area contributed by atoms with E-state index in [1.165, 1.54) is 4.90 Å². The minimum absolute atomic E-state index is 0.107. The number of hydrogen-bond acceptors (Lipinski definition) is 6. The van der Waals surface area contributed by atoms with E-state index in [2.05, 4.69) is 5.32 Å². The van der Waals surface area contributed by atoms with Crippen molar-refractivity contribution in [1.29, 1.82) is 0 Å². The maximum absolute atomic E-state index is 13.7. The Morgan fingerprint density at radius 3 is 2.41 bits per heavy atom. The van der Waals surface area contributed by atoms with Crippen molar-refractivity contribution in [2.75, 3.05) is 30.3 Å². The van der Waals surface area contributed by atoms with Gasteiger partial charge in [-0.15, -0.1) is 0 Å². The molecule has 1 aliphatic heterocycles. The minimum Gasteiger partial charge on any atom is -0.486 e. The second kappa shape index (κ2) is 11.4. The lowest BCUT2D eigenvalue weighted by Gasteiger charge is -2.32. The van der Waals surface area contributed by atoms with Crippen LogP contribution in [0.15, 0.2) is 42.5 Å². The topological polar surface area (TPSA) is 105 Å². The summed E-state index contributed by atoms with van der Waals surface area (Å²) in [5.74, 6) is 0.232. The summed E-state index contributed by atoms with van der Waals surface area (Å²) in [6.45, 7) is 4.13. The first kappa shape index (κ1) is 26.8. The van der Waals surface area contributed by atoms with Gasteiger partial charge >= 0.3 is 0 Å². The van der Waals surface area contributed by atoms with Crippen LogP contribution in [0.25, 0.3) is 0 Å². The molecule has 2 amide bonds. The molecule has 1 unspecified atom stereocenters. The van der Waals surface area contributed by atoms with Gasteiger partial charge < -0.3 is 19.7 Å². The lowest BCUT2D eigenvalue weighted by atomic mass is 10.1. The van der Waals surface area contributed by atoms with Gasteiger partial charge in [0.15, 0.2) is 11.5 Å². The van der Waals surface area contributed by atoms with Crippen LogP contribution in [0, 0.1) is 6.92 Å². The Morgan fingerprint density at radius 2 is 1.73 bits per heavy atom. The predicted octanol–water partition coefficient (Wildman–Crippen LogP) is 3.01. The third-order valence-corrected chi connectivity index (χ3v) is 8.10. The normalized spacial score (nSPS) is 16.2. The molecule has 0 radical (unpaired) electrons. The Bertz CT molecular complexity index is 1240. The standard InChI is InChI=1S/C27H35N3O6S/c1-19-8-4-5-9-21(19)17-29(20(2)27(32)28-22-10-6-7-11-22)26(31)18-30(37(3,33)34)23-12-13-24-25(16-23)36-15-14-35-24/h4-5,8-9,12-13,16,20,22H,6-7,10-11,14-15,17-18H2,1-3H3,(H,28,32). The van der Waals surface area contributed by atoms with Crippen molar-refractivity contribution in [3.63, 3.8) is 0 Å². The minimum atomic E-state index is -3.83. The van der Waals surface area contributed by atoms with Gasteiger partial charge in [0.25, 0.3) is 0 Å². The molecule has 2 aromatic rings. The van der Waals surface area contributed by atoms with Crippen molar-refractivity contribution in [1.82, 2.24) is 10.2 Å². The number of ether oxygens (including phenoxy) is 2. The lowest BCUT2D eigenvalue weighted by Crippen LogP contribution is -2.52. The molecular formula is C27H35N3O6S. The number of carbonyl (C=O) groups is 2. The fourth-order valence-corrected chi connectivity index (χ4v) is 5.59. The molecule has 1 saturated carbocycles. The van der Waals surface area contributed by atoms with E-state index in [1.54, 1.807) is 25.1 Å². The van der Waals surface area contributed by atoms with Crippen LogP contribution in [0.1, 0.15) is 43.7 Å². The number of nitrogens with one attached hydrogen (secondary N) is 1. The van der Waals surface area contributed by atoms with Crippen LogP contribution < -0.4 is 19.1 Å². The monoisotopic (exact) mass is 529 g/mol. The molecule has 1 N–H and O–H groups in total. The van der Waals surface area contributed by atoms with E-state index < -0.39 is 28.5 Å². The largest absolute Gasteiger partial charge is 0.486 e. The Hall–Kier alpha value is -3.27. The number of aryl methyl sites for hydroxylation is 1. The van der Waals surface area contributed by atoms with Crippen LogP contribution in [-0.2, 0) is 26.2 Å². The predicted molar refractivity (Wildman–Crippen MR) is 141 cm³/mol. The molecule has 1 aliphatic carbocycles. The molecule has 1 fully saturated rings. The molecule has 0 saturated heterocycles. The first-order chi connectivity index (χ1) is 17.6. The average molecular weight is 530 g/mol. The number of fused-ring (bicyclic) bond motifs is 1. The van der Waals surface area contributed by atoms with E-state index in [0.717, 1.165) is 47.4 Å². The zero-order valence-corrected chi connectivity index (χ0v) is 22.4. The second-order valence-corrected chi connectivity index (χ2v) is 11.6. The van der Waals surface area contributed by atoms with Crippen molar-refractivity contribution >= 4 is 27.5 Å². The molecule has 37 heavy (non-hydrogen) atoms. The SMILES string of the molecule is Cc1ccccc1CN(C(=O)CN(c1ccc2c(c1)OCCO2)S(C)(=O)=O)C(C)C(=O)NC1CCCC1. The maximum Gasteiger partial charge on any atom is 0.244 e. The fourth-order valence-electron chi connectivity index (χ4n) is 4.75. The van der Waals surface area contributed by atoms with Crippen LogP contribution >= 0.6 is 0 Å². The van der Waals surface area contributed by atoms with E-state index in [9.17, 15) is 18.0 Å². The Kier molecular flexibility index (Phi) is 8.26. The molecule has 2 aromatic carbocycles. The van der Waals surface area contributed by atoms with Crippen molar-refractivity contribution in [3.8, 4) is 11.5 Å². The summed E-state index contributed by atoms with van der Waals surface area (Å²) < 4.78 is 37.8. The highest BCUT2D eigenvalue weighted by molar-refractivity contribution is 7.92. The van der Waals surface area contributed by atoms with Crippen molar-refractivity contribution in [3.05, 3.63) is 53.6 Å². The number of sulfonamides is 1. The first-order valence-corrected chi connectivity index (χ1v) is 14.5. The highest BCUT2D eigenvalue weighted by Gasteiger charge is 2.32. The summed E-state index contributed by atoms with van der Waals surface area (Å²) in [7, 11) is -3.83. The van der Waals surface area contributed by atoms with E-state index >= 15 is 0 Å². The average Bonchev–Trinajstić information content (AvgIpc) is 3.38. The quantitative estimate of drug-likeness (QED) is 0.536. The van der Waals surface area contributed by atoms with Gasteiger partial charge in [0.05, 0.1) is 11.9 Å². The number of rotatable bonds is 9. The van der Waals surface area contributed by atoms with Gasteiger partial charge in [0.2, 0.25) is 21.8 Å². The number of nitrogens with zero attached hydrogens (tertiary/aromatic N) is 2. The van der Waals surface area contributed by atoms with Gasteiger partial charge in [0.1, 0.15) is 25.8 Å². The van der Waals surface area contributed by atoms with E-state index in [1.807, 2.05) is 31.2 Å². The number of amides is 2. The van der Waals surface area contributed by atoms with E-state index in [4.69, 9.17) is 9.47 Å². The fraction of sp³-hybridized carbons (Fsp3) is 0.481. The molecule has 0 aromatic heterocycles. The van der Waals surface area contributed by atoms with Gasteiger partial charge in [-0.2, -0.15) is 0 Å². The van der Waals surface area contributed by atoms with Gasteiger partial charge in [0, 0.05) is 18.7 Å². The van der Waals surface area contributed by atoms with Gasteiger partial charge in [-0.25, -0.2) is 8.42 Å². The summed E-state index contributed by atoms with van der Waals surface area (Å²) in [4.78, 5) is 28.4. The van der Waals surface area contributed by atoms with Crippen LogP contribution in [0.3, 0.4) is 0 Å². The zero-order valence-electron chi connectivity index (χ0n) is 21.6. The molecule has 0 spiro atoms. The number of anilines is 1. The van der Waals surface area contributed by atoms with Crippen LogP contribution in [0.5, 0.6) is 11.5 Å². The lowest BCUT2D eigenvalue weighted by molar-refractivity contribution is -0.139. The Balaban J connectivity index is 1.61. The van der Waals surface area contributed by atoms with Gasteiger partial charge in [-0.05, 0) is 49.9 Å². The van der Waals surface area contributed by atoms with Gasteiger partial charge in [-0.1, -0.05) is 37.1 Å². The van der Waals surface area contributed by atoms with Gasteiger partial charge in [-0.3, -0.25) is 13.9 Å². The molecule has 1 atom stereocenters. The van der Waals surface area contributed by atoms with E-state index in [0.29, 0.717) is 30.4 Å². The summed E-state index contributed by atoms with van der Waals surface area (Å²) in [6, 6.07) is 11.8. The maximum atomic E-state index is 13.7. The molecule has 200 valence electrons. The van der Waals surface area contributed by atoms with Crippen LogP contribution in [0.2, 0.25) is 0 Å². The third kappa shape index (κ3) is 6.54. The summed E-state index contributed by atoms with van der Waals surface area (Å²) in [5, 5.41) is 3.07. The Labute approximate surface area is 218 Å². The van der Waals surface area contributed by atoms with Crippen molar-refractivity contribution < 1.29 is 27.5 Å². The molecular weight excluding hydrogens is 494 g/mol. The second-order valence-electron chi connectivity index (χ2n) is 9.71. The highest BCUT2D eigenvalue weighted by Crippen LogP contribution is 2.34. The Morgan fingerprint density at radius 1 is 1.05 bits per heavy atom. The molecule has 10 heteroatoms. The van der Waals surface area contributed by atoms with E-state index in [-0.39, 0.29) is 18.5 Å². The number of hydrogen-bond donors (Lipinski definition) is 1. The van der Waals surface area contributed by atoms with Crippen molar-refractivity contribution in [2.45, 2.75) is 58.2 Å². The zero-order chi connectivity index (χ0) is 26.6. The molecule has 4 rings (SSSR count). The number of benzene rings is 2. The third-order valence-electron chi connectivity index (χ3n) is 6.96. The smallest absolute Gasteiger partial charge is 0.244 e. The summed E-state index contributed by atoms with van der Waals surface area (Å²) >= 11 is 0. The molecule has 0 bridgehead atoms. The van der Waals surface area contributed by atoms with Crippen LogP contribution in [0.4, 0.5) is 5.69 Å². The highest BCUT2D eigenvalue weighted by atomic mass is 32.2. The van der Waals surface area contributed by atoms with Crippen LogP contribution in [-0.4, -0.2) is 63.2 Å². The van der Waals surface area contributed by atoms with Crippen molar-refractivity contribution in [2.24, 2.45) is 0 Å². The molecule has 2 aliphatic rings. The summed E-state index contributed by atoms with van der Waals surface area (Å²) in [5.41, 5.74) is 2.16. The number of carbonyl (C=O) groups excluding carboxylic acids is 2. The first-order valence-electron chi connectivity index (χ1n) is 12.6. The molecule has 1 heterocycles. The molecule has 9 nitrogen and oxygen atoms in total.